The Kier molecular flexibility index (Phi) is 5.22. The zero-order chi connectivity index (χ0) is 20.4. The van der Waals surface area contributed by atoms with Crippen LogP contribution in [0.4, 0.5) is 5.69 Å². The number of hydrogen-bond donors (Lipinski definition) is 3. The summed E-state index contributed by atoms with van der Waals surface area (Å²) < 4.78 is 5.56. The van der Waals surface area contributed by atoms with E-state index in [1.54, 1.807) is 35.9 Å². The predicted molar refractivity (Wildman–Crippen MR) is 115 cm³/mol. The van der Waals surface area contributed by atoms with Crippen LogP contribution in [0.1, 0.15) is 36.0 Å². The van der Waals surface area contributed by atoms with Crippen molar-refractivity contribution in [1.82, 2.24) is 10.3 Å². The van der Waals surface area contributed by atoms with E-state index in [1.165, 1.54) is 0 Å². The van der Waals surface area contributed by atoms with Crippen molar-refractivity contribution in [2.45, 2.75) is 19.3 Å². The summed E-state index contributed by atoms with van der Waals surface area (Å²) in [5.41, 5.74) is 10.7. The SMILES string of the molecule is CCOc1cc(C2CC(=O)NC(c3cccnc3)=C2c2ccsc2)cc(N)c1O. The van der Waals surface area contributed by atoms with Crippen LogP contribution in [-0.2, 0) is 4.79 Å². The van der Waals surface area contributed by atoms with E-state index >= 15 is 0 Å². The van der Waals surface area contributed by atoms with Crippen molar-refractivity contribution in [3.05, 3.63) is 70.2 Å². The second-order valence-electron chi connectivity index (χ2n) is 6.74. The van der Waals surface area contributed by atoms with Crippen LogP contribution in [0.2, 0.25) is 0 Å². The van der Waals surface area contributed by atoms with Crippen LogP contribution in [0.25, 0.3) is 11.3 Å². The number of nitrogen functional groups attached to an aromatic ring is 1. The zero-order valence-corrected chi connectivity index (χ0v) is 16.7. The molecule has 0 saturated carbocycles. The molecule has 6 nitrogen and oxygen atoms in total. The molecule has 3 aromatic rings. The van der Waals surface area contributed by atoms with E-state index in [9.17, 15) is 9.90 Å². The molecule has 0 fully saturated rings. The number of pyridine rings is 1. The summed E-state index contributed by atoms with van der Waals surface area (Å²) in [5.74, 6) is -0.0846. The molecule has 0 aliphatic carbocycles. The first kappa shape index (κ1) is 19.0. The summed E-state index contributed by atoms with van der Waals surface area (Å²) in [7, 11) is 0. The molecule has 7 heteroatoms. The lowest BCUT2D eigenvalue weighted by molar-refractivity contribution is -0.120. The Morgan fingerprint density at radius 3 is 2.90 bits per heavy atom. The van der Waals surface area contributed by atoms with Gasteiger partial charge in [-0.15, -0.1) is 0 Å². The molecular weight excluding hydrogens is 386 g/mol. The molecule has 2 aromatic heterocycles. The Balaban J connectivity index is 1.93. The van der Waals surface area contributed by atoms with Crippen molar-refractivity contribution >= 4 is 34.2 Å². The molecule has 29 heavy (non-hydrogen) atoms. The second kappa shape index (κ2) is 7.97. The van der Waals surface area contributed by atoms with Crippen LogP contribution >= 0.6 is 11.3 Å². The maximum atomic E-state index is 12.6. The Bertz CT molecular complexity index is 1060. The number of amides is 1. The van der Waals surface area contributed by atoms with Gasteiger partial charge < -0.3 is 20.9 Å². The Morgan fingerprint density at radius 2 is 2.21 bits per heavy atom. The third-order valence-electron chi connectivity index (χ3n) is 4.88. The number of ether oxygens (including phenoxy) is 1. The molecule has 4 N–H and O–H groups in total. The molecule has 148 valence electrons. The molecule has 0 bridgehead atoms. The number of carbonyl (C=O) groups is 1. The molecule has 1 unspecified atom stereocenters. The zero-order valence-electron chi connectivity index (χ0n) is 15.9. The van der Waals surface area contributed by atoms with Gasteiger partial charge in [0.1, 0.15) is 0 Å². The van der Waals surface area contributed by atoms with Gasteiger partial charge in [-0.25, -0.2) is 0 Å². The number of aromatic hydroxyl groups is 1. The number of aromatic nitrogens is 1. The molecular formula is C22H21N3O3S. The molecule has 1 aliphatic rings. The molecule has 1 aromatic carbocycles. The van der Waals surface area contributed by atoms with Gasteiger partial charge in [0, 0.05) is 30.3 Å². The molecule has 4 rings (SSSR count). The molecule has 1 amide bonds. The van der Waals surface area contributed by atoms with Gasteiger partial charge in [0.15, 0.2) is 11.5 Å². The number of allylic oxidation sites excluding steroid dienone is 1. The largest absolute Gasteiger partial charge is 0.503 e. The van der Waals surface area contributed by atoms with Gasteiger partial charge in [-0.2, -0.15) is 11.3 Å². The minimum Gasteiger partial charge on any atom is -0.503 e. The lowest BCUT2D eigenvalue weighted by atomic mass is 9.80. The Labute approximate surface area is 172 Å². The lowest BCUT2D eigenvalue weighted by Crippen LogP contribution is -2.31. The maximum Gasteiger partial charge on any atom is 0.225 e. The predicted octanol–water partition coefficient (Wildman–Crippen LogP) is 4.00. The molecule has 0 saturated heterocycles. The van der Waals surface area contributed by atoms with Gasteiger partial charge in [0.25, 0.3) is 0 Å². The standard InChI is InChI=1S/C22H21N3O3S/c1-2-28-18-9-15(8-17(23)22(18)27)16-10-19(26)25-21(13-4-3-6-24-11-13)20(16)14-5-7-29-12-14/h3-9,11-12,16,27H,2,10,23H2,1H3,(H,25,26). The van der Waals surface area contributed by atoms with Gasteiger partial charge in [-0.1, -0.05) is 0 Å². The van der Waals surface area contributed by atoms with Crippen LogP contribution in [0.3, 0.4) is 0 Å². The van der Waals surface area contributed by atoms with Crippen molar-refractivity contribution in [1.29, 1.82) is 0 Å². The first-order valence-corrected chi connectivity index (χ1v) is 10.2. The Morgan fingerprint density at radius 1 is 1.34 bits per heavy atom. The van der Waals surface area contributed by atoms with E-state index in [0.29, 0.717) is 12.4 Å². The highest BCUT2D eigenvalue weighted by Gasteiger charge is 2.32. The number of carbonyl (C=O) groups excluding carboxylic acids is 1. The number of nitrogens with zero attached hydrogens (tertiary/aromatic N) is 1. The molecule has 1 aliphatic heterocycles. The maximum absolute atomic E-state index is 12.6. The topological polar surface area (TPSA) is 97.5 Å². The van der Waals surface area contributed by atoms with Gasteiger partial charge in [-0.05, 0) is 64.7 Å². The van der Waals surface area contributed by atoms with E-state index in [1.807, 2.05) is 30.5 Å². The number of hydrogen-bond acceptors (Lipinski definition) is 6. The fraction of sp³-hybridized carbons (Fsp3) is 0.182. The van der Waals surface area contributed by atoms with Crippen molar-refractivity contribution in [3.8, 4) is 11.5 Å². The quantitative estimate of drug-likeness (QED) is 0.439. The minimum atomic E-state index is -0.240. The van der Waals surface area contributed by atoms with Crippen LogP contribution in [-0.4, -0.2) is 22.6 Å². The molecule has 1 atom stereocenters. The fourth-order valence-corrected chi connectivity index (χ4v) is 4.28. The number of nitrogens with one attached hydrogen (secondary N) is 1. The van der Waals surface area contributed by atoms with Crippen molar-refractivity contribution in [3.63, 3.8) is 0 Å². The number of thiophene rings is 1. The average Bonchev–Trinajstić information content (AvgIpc) is 3.26. The van der Waals surface area contributed by atoms with E-state index < -0.39 is 0 Å². The number of rotatable bonds is 5. The number of anilines is 1. The van der Waals surface area contributed by atoms with Crippen LogP contribution in [0.5, 0.6) is 11.5 Å². The summed E-state index contributed by atoms with van der Waals surface area (Å²) in [6.45, 7) is 2.24. The summed E-state index contributed by atoms with van der Waals surface area (Å²) >= 11 is 1.59. The first-order chi connectivity index (χ1) is 14.1. The third-order valence-corrected chi connectivity index (χ3v) is 5.57. The summed E-state index contributed by atoms with van der Waals surface area (Å²) in [5, 5.41) is 17.3. The van der Waals surface area contributed by atoms with Crippen molar-refractivity contribution in [2.75, 3.05) is 12.3 Å². The first-order valence-electron chi connectivity index (χ1n) is 9.30. The third kappa shape index (κ3) is 3.69. The van der Waals surface area contributed by atoms with Gasteiger partial charge in [0.05, 0.1) is 18.0 Å². The average molecular weight is 407 g/mol. The van der Waals surface area contributed by atoms with E-state index in [0.717, 1.165) is 28.0 Å². The normalized spacial score (nSPS) is 16.6. The van der Waals surface area contributed by atoms with Gasteiger partial charge >= 0.3 is 0 Å². The molecule has 0 spiro atoms. The second-order valence-corrected chi connectivity index (χ2v) is 7.52. The number of nitrogens with two attached hydrogens (primary N) is 1. The summed E-state index contributed by atoms with van der Waals surface area (Å²) in [6, 6.07) is 9.29. The monoisotopic (exact) mass is 407 g/mol. The van der Waals surface area contributed by atoms with E-state index in [2.05, 4.69) is 15.7 Å². The number of phenolic OH excluding ortho intramolecular Hbond substituents is 1. The Hall–Kier alpha value is -3.32. The fourth-order valence-electron chi connectivity index (χ4n) is 3.62. The number of phenols is 1. The highest BCUT2D eigenvalue weighted by atomic mass is 32.1. The highest BCUT2D eigenvalue weighted by Crippen LogP contribution is 2.45. The van der Waals surface area contributed by atoms with Crippen LogP contribution < -0.4 is 15.8 Å². The van der Waals surface area contributed by atoms with Crippen LogP contribution in [0, 0.1) is 0 Å². The van der Waals surface area contributed by atoms with Crippen molar-refractivity contribution in [2.24, 2.45) is 0 Å². The van der Waals surface area contributed by atoms with E-state index in [-0.39, 0.29) is 29.7 Å². The summed E-state index contributed by atoms with van der Waals surface area (Å²) in [4.78, 5) is 16.8. The molecule has 0 radical (unpaired) electrons. The smallest absolute Gasteiger partial charge is 0.225 e. The minimum absolute atomic E-state index is 0.0793. The van der Waals surface area contributed by atoms with Gasteiger partial charge in [0.2, 0.25) is 5.91 Å². The van der Waals surface area contributed by atoms with E-state index in [4.69, 9.17) is 10.5 Å². The van der Waals surface area contributed by atoms with Gasteiger partial charge in [-0.3, -0.25) is 9.78 Å². The number of benzene rings is 1. The van der Waals surface area contributed by atoms with Crippen LogP contribution in [0.15, 0.2) is 53.5 Å². The molecule has 3 heterocycles. The van der Waals surface area contributed by atoms with Crippen molar-refractivity contribution < 1.29 is 14.6 Å². The highest BCUT2D eigenvalue weighted by molar-refractivity contribution is 7.08. The lowest BCUT2D eigenvalue weighted by Gasteiger charge is -2.30. The summed E-state index contributed by atoms with van der Waals surface area (Å²) in [6.07, 6.45) is 3.71.